The van der Waals surface area contributed by atoms with Gasteiger partial charge < -0.3 is 19.3 Å². The van der Waals surface area contributed by atoms with E-state index in [2.05, 4.69) is 27.4 Å². The molecule has 10 rings (SSSR count). The zero-order valence-corrected chi connectivity index (χ0v) is 28.3. The molecule has 8 heteroatoms. The molecule has 10 fully saturated rings. The molecule has 8 aliphatic carbocycles. The Hall–Kier alpha value is -2.22. The predicted molar refractivity (Wildman–Crippen MR) is 167 cm³/mol. The lowest BCUT2D eigenvalue weighted by atomic mass is 9.40. The van der Waals surface area contributed by atoms with Gasteiger partial charge in [0, 0.05) is 40.6 Å². The van der Waals surface area contributed by atoms with Crippen LogP contribution in [0.1, 0.15) is 130 Å². The maximum absolute atomic E-state index is 14.5. The Bertz CT molecular complexity index is 1600. The van der Waals surface area contributed by atoms with E-state index >= 15 is 0 Å². The normalized spacial score (nSPS) is 59.4. The summed E-state index contributed by atoms with van der Waals surface area (Å²) in [4.78, 5) is 55.6. The number of ketones is 1. The van der Waals surface area contributed by atoms with Crippen LogP contribution < -0.4 is 0 Å². The number of aliphatic hydroxyl groups is 1. The quantitative estimate of drug-likeness (QED) is 0.224. The van der Waals surface area contributed by atoms with Gasteiger partial charge in [-0.2, -0.15) is 0 Å². The lowest BCUT2D eigenvalue weighted by Gasteiger charge is -2.64. The van der Waals surface area contributed by atoms with E-state index in [9.17, 15) is 24.3 Å². The van der Waals surface area contributed by atoms with Crippen LogP contribution in [0.4, 0.5) is 0 Å². The van der Waals surface area contributed by atoms with Gasteiger partial charge in [-0.15, -0.1) is 0 Å². The summed E-state index contributed by atoms with van der Waals surface area (Å²) in [6.45, 7) is 10.7. The van der Waals surface area contributed by atoms with E-state index in [0.29, 0.717) is 44.1 Å². The zero-order chi connectivity index (χ0) is 32.8. The molecular formula is C39H50O8. The third-order valence-corrected chi connectivity index (χ3v) is 18.1. The first kappa shape index (κ1) is 29.7. The Kier molecular flexibility index (Phi) is 5.18. The van der Waals surface area contributed by atoms with Gasteiger partial charge in [-0.3, -0.25) is 14.4 Å². The van der Waals surface area contributed by atoms with Crippen LogP contribution in [0, 0.1) is 50.7 Å². The summed E-state index contributed by atoms with van der Waals surface area (Å²) in [5.74, 6) is -0.832. The van der Waals surface area contributed by atoms with Gasteiger partial charge in [-0.25, -0.2) is 4.79 Å². The number of fused-ring (bicyclic) bond motifs is 2. The molecule has 0 aromatic heterocycles. The monoisotopic (exact) mass is 646 g/mol. The van der Waals surface area contributed by atoms with Gasteiger partial charge >= 0.3 is 17.9 Å². The highest BCUT2D eigenvalue weighted by atomic mass is 16.6. The average Bonchev–Trinajstić information content (AvgIpc) is 3.47. The Morgan fingerprint density at radius 2 is 1.47 bits per heavy atom. The molecule has 2 heterocycles. The number of esters is 3. The predicted octanol–water partition coefficient (Wildman–Crippen LogP) is 5.91. The minimum Gasteiger partial charge on any atom is -0.458 e. The van der Waals surface area contributed by atoms with E-state index in [1.807, 2.05) is 0 Å². The molecule has 8 nitrogen and oxygen atoms in total. The Morgan fingerprint density at radius 3 is 2.26 bits per heavy atom. The van der Waals surface area contributed by atoms with Gasteiger partial charge in [0.2, 0.25) is 0 Å². The first-order chi connectivity index (χ1) is 22.1. The molecule has 2 spiro atoms. The van der Waals surface area contributed by atoms with E-state index < -0.39 is 44.6 Å². The minimum absolute atomic E-state index is 0.0278. The van der Waals surface area contributed by atoms with Gasteiger partial charge in [-0.1, -0.05) is 13.5 Å². The van der Waals surface area contributed by atoms with Gasteiger partial charge in [0.05, 0.1) is 10.8 Å². The van der Waals surface area contributed by atoms with Crippen LogP contribution in [0.5, 0.6) is 0 Å². The van der Waals surface area contributed by atoms with Crippen molar-refractivity contribution in [3.05, 3.63) is 12.2 Å². The molecule has 2 saturated heterocycles. The van der Waals surface area contributed by atoms with Crippen molar-refractivity contribution in [3.63, 3.8) is 0 Å². The van der Waals surface area contributed by atoms with E-state index in [-0.39, 0.29) is 52.2 Å². The number of carbonyl (C=O) groups is 4. The third-order valence-electron chi connectivity index (χ3n) is 18.1. The number of rotatable bonds is 2. The van der Waals surface area contributed by atoms with Crippen LogP contribution in [0.3, 0.4) is 0 Å². The summed E-state index contributed by atoms with van der Waals surface area (Å²) in [7, 11) is 0. The maximum Gasteiger partial charge on any atom is 0.339 e. The molecule has 1 N–H and O–H groups in total. The summed E-state index contributed by atoms with van der Waals surface area (Å²) >= 11 is 0. The number of carbonyl (C=O) groups excluding carboxylic acids is 4. The fourth-order valence-corrected chi connectivity index (χ4v) is 15.8. The highest BCUT2D eigenvalue weighted by Crippen LogP contribution is 2.79. The van der Waals surface area contributed by atoms with Crippen molar-refractivity contribution in [1.82, 2.24) is 0 Å². The molecule has 13 atom stereocenters. The van der Waals surface area contributed by atoms with Crippen LogP contribution >= 0.6 is 0 Å². The second-order valence-electron chi connectivity index (χ2n) is 19.1. The largest absolute Gasteiger partial charge is 0.458 e. The lowest BCUT2D eigenvalue weighted by molar-refractivity contribution is -0.225. The summed E-state index contributed by atoms with van der Waals surface area (Å²) in [6.07, 6.45) is 12.4. The standard InChI is InChI=1S/C39H50O8/c1-22-27(40)35-17-9-24-31(2)11-5-13-38(24,46-28(31)41)26(35)10-18-36(22,21-35)45-30(43)37(44)20-34-16-8-25-32(3)12-6-14-39(25,47-29(32)42)33(34,4)15-7-23(37)19-34/h23-26,44H,1,5-21H2,2-4H3. The second kappa shape index (κ2) is 8.21. The molecule has 13 unspecified atom stereocenters. The van der Waals surface area contributed by atoms with Gasteiger partial charge in [0.1, 0.15) is 16.8 Å². The van der Waals surface area contributed by atoms with Crippen LogP contribution in [0.15, 0.2) is 12.2 Å². The number of hydrogen-bond acceptors (Lipinski definition) is 8. The highest BCUT2D eigenvalue weighted by molar-refractivity contribution is 6.05. The molecule has 0 aromatic carbocycles. The van der Waals surface area contributed by atoms with Crippen LogP contribution in [0.25, 0.3) is 0 Å². The molecule has 8 bridgehead atoms. The van der Waals surface area contributed by atoms with Gasteiger partial charge in [-0.05, 0) is 128 Å². The molecular weight excluding hydrogens is 596 g/mol. The molecule has 0 aromatic rings. The summed E-state index contributed by atoms with van der Waals surface area (Å²) in [5, 5.41) is 12.5. The molecule has 8 saturated carbocycles. The number of hydrogen-bond donors (Lipinski definition) is 1. The first-order valence-corrected chi connectivity index (χ1v) is 18.8. The Balaban J connectivity index is 0.958. The SMILES string of the molecule is C=C1C(=O)C23CCC4C5(C)CCCC4(OC5=O)C2CCC1(OC(=O)C1(O)CC24CCC5C6(C)CCCC5(OC6=O)C2(C)CCC1C4)C3. The number of ether oxygens (including phenoxy) is 3. The van der Waals surface area contributed by atoms with Crippen molar-refractivity contribution in [2.24, 2.45) is 50.7 Å². The smallest absolute Gasteiger partial charge is 0.339 e. The number of Topliss-reactive ketones (excluding diaryl/α,β-unsaturated/α-hetero) is 1. The maximum atomic E-state index is 14.5. The van der Waals surface area contributed by atoms with E-state index in [0.717, 1.165) is 70.6 Å². The van der Waals surface area contributed by atoms with Crippen LogP contribution in [-0.4, -0.2) is 51.2 Å². The Labute approximate surface area is 277 Å². The summed E-state index contributed by atoms with van der Waals surface area (Å²) in [6, 6.07) is 0. The fourth-order valence-electron chi connectivity index (χ4n) is 15.8. The van der Waals surface area contributed by atoms with E-state index in [1.54, 1.807) is 0 Å². The highest BCUT2D eigenvalue weighted by Gasteiger charge is 2.81. The van der Waals surface area contributed by atoms with Crippen LogP contribution in [-0.2, 0) is 33.4 Å². The van der Waals surface area contributed by atoms with Gasteiger partial charge in [0.25, 0.3) is 0 Å². The van der Waals surface area contributed by atoms with Crippen molar-refractivity contribution in [2.45, 2.75) is 152 Å². The molecule has 254 valence electrons. The first-order valence-electron chi connectivity index (χ1n) is 18.8. The molecule has 47 heavy (non-hydrogen) atoms. The molecule has 0 radical (unpaired) electrons. The van der Waals surface area contributed by atoms with E-state index in [4.69, 9.17) is 14.2 Å². The Morgan fingerprint density at radius 1 is 0.787 bits per heavy atom. The van der Waals surface area contributed by atoms with Gasteiger partial charge in [0.15, 0.2) is 11.4 Å². The topological polar surface area (TPSA) is 116 Å². The molecule has 10 aliphatic rings. The second-order valence-corrected chi connectivity index (χ2v) is 19.1. The van der Waals surface area contributed by atoms with Crippen molar-refractivity contribution in [2.75, 3.05) is 0 Å². The van der Waals surface area contributed by atoms with E-state index in [1.165, 1.54) is 0 Å². The van der Waals surface area contributed by atoms with Crippen molar-refractivity contribution >= 4 is 23.7 Å². The average molecular weight is 647 g/mol. The van der Waals surface area contributed by atoms with Crippen molar-refractivity contribution in [1.29, 1.82) is 0 Å². The lowest BCUT2D eigenvalue weighted by Crippen LogP contribution is -2.65. The third kappa shape index (κ3) is 2.85. The zero-order valence-electron chi connectivity index (χ0n) is 28.3. The minimum atomic E-state index is -1.66. The molecule has 2 aliphatic heterocycles. The summed E-state index contributed by atoms with van der Waals surface area (Å²) < 4.78 is 19.4. The van der Waals surface area contributed by atoms with Crippen LogP contribution in [0.2, 0.25) is 0 Å². The van der Waals surface area contributed by atoms with Crippen molar-refractivity contribution in [3.8, 4) is 0 Å². The molecule has 0 amide bonds. The fraction of sp³-hybridized carbons (Fsp3) is 0.846. The van der Waals surface area contributed by atoms with Crippen molar-refractivity contribution < 1.29 is 38.5 Å². The summed E-state index contributed by atoms with van der Waals surface area (Å²) in [5.41, 5.74) is -5.92.